The Balaban J connectivity index is 2.73. The molecule has 0 aliphatic carbocycles. The second kappa shape index (κ2) is 5.82. The lowest BCUT2D eigenvalue weighted by molar-refractivity contribution is -0.141. The van der Waals surface area contributed by atoms with Crippen LogP contribution in [0.5, 0.6) is 0 Å². The predicted molar refractivity (Wildman–Crippen MR) is 77.1 cm³/mol. The molecule has 1 atom stereocenters. The van der Waals surface area contributed by atoms with Crippen LogP contribution in [0.4, 0.5) is 0 Å². The molecule has 0 aromatic heterocycles. The van der Waals surface area contributed by atoms with Crippen molar-refractivity contribution in [2.45, 2.75) is 32.1 Å². The minimum absolute atomic E-state index is 0.247. The van der Waals surface area contributed by atoms with Crippen LogP contribution in [-0.4, -0.2) is 19.1 Å². The summed E-state index contributed by atoms with van der Waals surface area (Å²) in [5.41, 5.74) is 1.10. The molecule has 0 radical (unpaired) electrons. The molecule has 1 unspecified atom stereocenters. The molecule has 4 heteroatoms. The quantitative estimate of drug-likeness (QED) is 0.833. The molecule has 94 valence electrons. The maximum Gasteiger partial charge on any atom is 0.306 e. The molecule has 1 aromatic rings. The molecule has 2 nitrogen and oxygen atoms in total. The molecule has 0 aliphatic rings. The van der Waals surface area contributed by atoms with E-state index in [9.17, 15) is 9.90 Å². The van der Waals surface area contributed by atoms with Crippen LogP contribution >= 0.6 is 15.9 Å². The highest BCUT2D eigenvalue weighted by Gasteiger charge is 2.25. The molecule has 0 saturated heterocycles. The zero-order chi connectivity index (χ0) is 13.1. The number of carboxylic acids is 1. The van der Waals surface area contributed by atoms with Gasteiger partial charge in [0.05, 0.1) is 5.92 Å². The predicted octanol–water partition coefficient (Wildman–Crippen LogP) is 4.03. The standard InChI is InChI=1S/C13H19BrO2Si/c1-17(2,3)9-11(13(15)16)8-10-4-6-12(14)7-5-10/h4-7,11H,8-9H2,1-3H3,(H,15,16). The average Bonchev–Trinajstić information content (AvgIpc) is 2.18. The van der Waals surface area contributed by atoms with Crippen LogP contribution in [-0.2, 0) is 11.2 Å². The van der Waals surface area contributed by atoms with Crippen molar-refractivity contribution in [3.8, 4) is 0 Å². The van der Waals surface area contributed by atoms with Gasteiger partial charge in [-0.3, -0.25) is 4.79 Å². The van der Waals surface area contributed by atoms with Crippen molar-refractivity contribution in [1.29, 1.82) is 0 Å². The molecule has 0 amide bonds. The molecule has 1 aromatic carbocycles. The van der Waals surface area contributed by atoms with E-state index in [0.29, 0.717) is 6.42 Å². The number of halogens is 1. The molecule has 0 bridgehead atoms. The first-order valence-electron chi connectivity index (χ1n) is 5.75. The summed E-state index contributed by atoms with van der Waals surface area (Å²) >= 11 is 3.38. The number of hydrogen-bond donors (Lipinski definition) is 1. The zero-order valence-electron chi connectivity index (χ0n) is 10.5. The van der Waals surface area contributed by atoms with Gasteiger partial charge >= 0.3 is 5.97 Å². The van der Waals surface area contributed by atoms with E-state index >= 15 is 0 Å². The third-order valence-corrected chi connectivity index (χ3v) is 4.85. The van der Waals surface area contributed by atoms with Crippen LogP contribution < -0.4 is 0 Å². The molecule has 0 aliphatic heterocycles. The van der Waals surface area contributed by atoms with Crippen LogP contribution in [0.15, 0.2) is 28.7 Å². The van der Waals surface area contributed by atoms with Crippen LogP contribution in [0.3, 0.4) is 0 Å². The van der Waals surface area contributed by atoms with Gasteiger partial charge in [-0.1, -0.05) is 47.7 Å². The van der Waals surface area contributed by atoms with Crippen molar-refractivity contribution < 1.29 is 9.90 Å². The highest BCUT2D eigenvalue weighted by Crippen LogP contribution is 2.22. The summed E-state index contributed by atoms with van der Waals surface area (Å²) in [6.07, 6.45) is 0.632. The largest absolute Gasteiger partial charge is 0.481 e. The molecular weight excluding hydrogens is 296 g/mol. The number of benzene rings is 1. The Bertz CT molecular complexity index is 381. The molecular formula is C13H19BrO2Si. The number of rotatable bonds is 5. The van der Waals surface area contributed by atoms with E-state index in [1.807, 2.05) is 24.3 Å². The van der Waals surface area contributed by atoms with E-state index < -0.39 is 14.0 Å². The Morgan fingerprint density at radius 3 is 2.24 bits per heavy atom. The first-order valence-corrected chi connectivity index (χ1v) is 10.3. The number of aliphatic carboxylic acids is 1. The second-order valence-corrected chi connectivity index (χ2v) is 12.1. The molecule has 0 fully saturated rings. The first kappa shape index (κ1) is 14.4. The molecule has 0 heterocycles. The van der Waals surface area contributed by atoms with Crippen LogP contribution in [0.25, 0.3) is 0 Å². The SMILES string of the molecule is C[Si](C)(C)CC(Cc1ccc(Br)cc1)C(=O)O. The Labute approximate surface area is 112 Å². The van der Waals surface area contributed by atoms with Gasteiger partial charge < -0.3 is 5.11 Å². The third kappa shape index (κ3) is 5.50. The topological polar surface area (TPSA) is 37.3 Å². The van der Waals surface area contributed by atoms with Crippen LogP contribution in [0.2, 0.25) is 25.7 Å². The smallest absolute Gasteiger partial charge is 0.306 e. The van der Waals surface area contributed by atoms with Gasteiger partial charge in [-0.15, -0.1) is 0 Å². The van der Waals surface area contributed by atoms with Crippen molar-refractivity contribution in [3.63, 3.8) is 0 Å². The van der Waals surface area contributed by atoms with Crippen molar-refractivity contribution in [1.82, 2.24) is 0 Å². The fraction of sp³-hybridized carbons (Fsp3) is 0.462. The fourth-order valence-corrected chi connectivity index (χ4v) is 3.95. The van der Waals surface area contributed by atoms with Crippen molar-refractivity contribution >= 4 is 30.0 Å². The molecule has 17 heavy (non-hydrogen) atoms. The van der Waals surface area contributed by atoms with Crippen molar-refractivity contribution in [2.24, 2.45) is 5.92 Å². The molecule has 0 spiro atoms. The van der Waals surface area contributed by atoms with Gasteiger partial charge in [0.1, 0.15) is 0 Å². The minimum Gasteiger partial charge on any atom is -0.481 e. The van der Waals surface area contributed by atoms with E-state index in [4.69, 9.17) is 0 Å². The van der Waals surface area contributed by atoms with Crippen molar-refractivity contribution in [3.05, 3.63) is 34.3 Å². The summed E-state index contributed by atoms with van der Waals surface area (Å²) in [5, 5.41) is 9.27. The zero-order valence-corrected chi connectivity index (χ0v) is 13.1. The normalized spacial score (nSPS) is 13.4. The summed E-state index contributed by atoms with van der Waals surface area (Å²) in [5.74, 6) is -0.918. The van der Waals surface area contributed by atoms with E-state index in [1.54, 1.807) is 0 Å². The lowest BCUT2D eigenvalue weighted by Crippen LogP contribution is -2.29. The number of carboxylic acid groups (broad SMARTS) is 1. The van der Waals surface area contributed by atoms with Gasteiger partial charge in [0.25, 0.3) is 0 Å². The first-order chi connectivity index (χ1) is 7.78. The maximum atomic E-state index is 11.3. The van der Waals surface area contributed by atoms with E-state index in [0.717, 1.165) is 16.1 Å². The van der Waals surface area contributed by atoms with Gasteiger partial charge in [-0.05, 0) is 30.2 Å². The summed E-state index contributed by atoms with van der Waals surface area (Å²) in [6, 6.07) is 8.73. The Morgan fingerprint density at radius 1 is 1.29 bits per heavy atom. The second-order valence-electron chi connectivity index (χ2n) is 5.63. The van der Waals surface area contributed by atoms with Gasteiger partial charge in [-0.25, -0.2) is 0 Å². The number of hydrogen-bond acceptors (Lipinski definition) is 1. The Morgan fingerprint density at radius 2 is 1.82 bits per heavy atom. The Kier molecular flexibility index (Phi) is 4.95. The van der Waals surface area contributed by atoms with Crippen molar-refractivity contribution in [2.75, 3.05) is 0 Å². The van der Waals surface area contributed by atoms with Gasteiger partial charge in [0, 0.05) is 12.5 Å². The monoisotopic (exact) mass is 314 g/mol. The summed E-state index contributed by atoms with van der Waals surface area (Å²) in [7, 11) is -1.34. The lowest BCUT2D eigenvalue weighted by atomic mass is 10.0. The molecule has 0 saturated carbocycles. The van der Waals surface area contributed by atoms with Crippen LogP contribution in [0.1, 0.15) is 5.56 Å². The highest BCUT2D eigenvalue weighted by atomic mass is 79.9. The summed E-state index contributed by atoms with van der Waals surface area (Å²) < 4.78 is 1.03. The molecule has 1 rings (SSSR count). The van der Waals surface area contributed by atoms with E-state index in [2.05, 4.69) is 35.6 Å². The highest BCUT2D eigenvalue weighted by molar-refractivity contribution is 9.10. The average molecular weight is 315 g/mol. The fourth-order valence-electron chi connectivity index (χ4n) is 1.89. The van der Waals surface area contributed by atoms with Crippen LogP contribution in [0, 0.1) is 5.92 Å². The lowest BCUT2D eigenvalue weighted by Gasteiger charge is -2.21. The van der Waals surface area contributed by atoms with E-state index in [-0.39, 0.29) is 5.92 Å². The van der Waals surface area contributed by atoms with Gasteiger partial charge in [-0.2, -0.15) is 0 Å². The number of carbonyl (C=O) groups is 1. The Hall–Kier alpha value is -0.613. The molecule has 1 N–H and O–H groups in total. The summed E-state index contributed by atoms with van der Waals surface area (Å²) in [4.78, 5) is 11.3. The van der Waals surface area contributed by atoms with E-state index in [1.165, 1.54) is 0 Å². The van der Waals surface area contributed by atoms with Gasteiger partial charge in [0.15, 0.2) is 0 Å². The minimum atomic E-state index is -1.34. The third-order valence-electron chi connectivity index (χ3n) is 2.60. The maximum absolute atomic E-state index is 11.3. The summed E-state index contributed by atoms with van der Waals surface area (Å²) in [6.45, 7) is 6.64. The van der Waals surface area contributed by atoms with Gasteiger partial charge in [0.2, 0.25) is 0 Å².